The molecule has 86 valence electrons. The van der Waals surface area contributed by atoms with Crippen LogP contribution in [0.3, 0.4) is 0 Å². The van der Waals surface area contributed by atoms with Gasteiger partial charge in [0, 0.05) is 6.61 Å². The number of aliphatic hydroxyl groups is 1. The summed E-state index contributed by atoms with van der Waals surface area (Å²) >= 11 is 0. The van der Waals surface area contributed by atoms with Gasteiger partial charge in [-0.05, 0) is 60.1 Å². The molecule has 2 aliphatic carbocycles. The van der Waals surface area contributed by atoms with Gasteiger partial charge in [-0.15, -0.1) is 0 Å². The molecule has 1 aromatic rings. The highest BCUT2D eigenvalue weighted by molar-refractivity contribution is 5.44. The maximum atomic E-state index is 9.43. The van der Waals surface area contributed by atoms with Crippen molar-refractivity contribution in [2.75, 3.05) is 6.61 Å². The molecular formula is C15H20O. The number of hydrogen-bond acceptors (Lipinski definition) is 1. The second-order valence-electron chi connectivity index (χ2n) is 5.82. The van der Waals surface area contributed by atoms with Crippen LogP contribution in [0.5, 0.6) is 0 Å². The summed E-state index contributed by atoms with van der Waals surface area (Å²) in [7, 11) is 0. The maximum Gasteiger partial charge on any atom is 0.0462 e. The maximum absolute atomic E-state index is 9.43. The van der Waals surface area contributed by atoms with Crippen LogP contribution in [0.2, 0.25) is 0 Å². The van der Waals surface area contributed by atoms with Crippen molar-refractivity contribution < 1.29 is 5.11 Å². The molecule has 1 N–H and O–H groups in total. The van der Waals surface area contributed by atoms with E-state index in [4.69, 9.17) is 0 Å². The zero-order chi connectivity index (χ0) is 11.2. The average Bonchev–Trinajstić information content (AvgIpc) is 2.28. The van der Waals surface area contributed by atoms with Gasteiger partial charge in [0.25, 0.3) is 0 Å². The Bertz CT molecular complexity index is 410. The molecule has 0 radical (unpaired) electrons. The molecule has 2 aliphatic rings. The van der Waals surface area contributed by atoms with Crippen LogP contribution in [-0.4, -0.2) is 11.7 Å². The van der Waals surface area contributed by atoms with Gasteiger partial charge < -0.3 is 5.11 Å². The van der Waals surface area contributed by atoms with Gasteiger partial charge >= 0.3 is 0 Å². The van der Waals surface area contributed by atoms with Crippen molar-refractivity contribution in [2.24, 2.45) is 5.92 Å². The predicted octanol–water partition coefficient (Wildman–Crippen LogP) is 2.84. The van der Waals surface area contributed by atoms with Gasteiger partial charge in [0.15, 0.2) is 0 Å². The van der Waals surface area contributed by atoms with Crippen molar-refractivity contribution >= 4 is 0 Å². The molecule has 0 aromatic heterocycles. The van der Waals surface area contributed by atoms with E-state index >= 15 is 0 Å². The number of benzene rings is 1. The lowest BCUT2D eigenvalue weighted by atomic mass is 9.61. The molecule has 0 fully saturated rings. The molecule has 0 amide bonds. The summed E-state index contributed by atoms with van der Waals surface area (Å²) in [5.74, 6) is 0.478. The molecule has 0 saturated carbocycles. The first kappa shape index (κ1) is 10.3. The van der Waals surface area contributed by atoms with Crippen molar-refractivity contribution in [3.05, 3.63) is 34.9 Å². The Hall–Kier alpha value is -0.820. The SMILES string of the molecule is C[C@]12CCCc3cccc(c31)C[C@@H](CO)C2. The molecule has 1 heteroatoms. The summed E-state index contributed by atoms with van der Waals surface area (Å²) in [5.41, 5.74) is 5.05. The third-order valence-electron chi connectivity index (χ3n) is 4.52. The summed E-state index contributed by atoms with van der Waals surface area (Å²) in [4.78, 5) is 0. The highest BCUT2D eigenvalue weighted by Gasteiger charge is 2.39. The van der Waals surface area contributed by atoms with Gasteiger partial charge in [-0.3, -0.25) is 0 Å². The van der Waals surface area contributed by atoms with Gasteiger partial charge in [-0.25, -0.2) is 0 Å². The van der Waals surface area contributed by atoms with Crippen LogP contribution in [0.4, 0.5) is 0 Å². The molecule has 0 unspecified atom stereocenters. The summed E-state index contributed by atoms with van der Waals surface area (Å²) in [6, 6.07) is 6.76. The Kier molecular flexibility index (Phi) is 2.32. The summed E-state index contributed by atoms with van der Waals surface area (Å²) in [6.45, 7) is 2.75. The van der Waals surface area contributed by atoms with E-state index in [9.17, 15) is 5.11 Å². The lowest BCUT2D eigenvalue weighted by Gasteiger charge is -2.44. The third-order valence-corrected chi connectivity index (χ3v) is 4.52. The Morgan fingerprint density at radius 3 is 3.00 bits per heavy atom. The number of hydrogen-bond donors (Lipinski definition) is 1. The fourth-order valence-electron chi connectivity index (χ4n) is 3.95. The molecule has 0 spiro atoms. The number of aryl methyl sites for hydroxylation is 1. The van der Waals surface area contributed by atoms with Crippen molar-refractivity contribution in [1.82, 2.24) is 0 Å². The van der Waals surface area contributed by atoms with Crippen LogP contribution in [0.1, 0.15) is 42.9 Å². The predicted molar refractivity (Wildman–Crippen MR) is 65.6 cm³/mol. The van der Waals surface area contributed by atoms with Gasteiger partial charge in [-0.1, -0.05) is 25.1 Å². The normalized spacial score (nSPS) is 32.2. The van der Waals surface area contributed by atoms with E-state index < -0.39 is 0 Å². The number of rotatable bonds is 1. The lowest BCUT2D eigenvalue weighted by molar-refractivity contribution is 0.171. The van der Waals surface area contributed by atoms with Crippen LogP contribution in [0.15, 0.2) is 18.2 Å². The lowest BCUT2D eigenvalue weighted by Crippen LogP contribution is -2.37. The molecule has 2 atom stereocenters. The molecular weight excluding hydrogens is 196 g/mol. The fourth-order valence-corrected chi connectivity index (χ4v) is 3.95. The average molecular weight is 216 g/mol. The van der Waals surface area contributed by atoms with Crippen LogP contribution >= 0.6 is 0 Å². The van der Waals surface area contributed by atoms with Crippen LogP contribution in [-0.2, 0) is 18.3 Å². The topological polar surface area (TPSA) is 20.2 Å². The standard InChI is InChI=1S/C15H20O/c1-15-7-3-6-12-4-2-5-13(14(12)15)8-11(9-15)10-16/h2,4-5,11,16H,3,6-10H2,1H3/t11-,15-/m1/s1. The molecule has 0 saturated heterocycles. The fraction of sp³-hybridized carbons (Fsp3) is 0.600. The molecule has 3 rings (SSSR count). The monoisotopic (exact) mass is 216 g/mol. The molecule has 0 bridgehead atoms. The van der Waals surface area contributed by atoms with Gasteiger partial charge in [0.2, 0.25) is 0 Å². The summed E-state index contributed by atoms with van der Waals surface area (Å²) in [5, 5.41) is 9.43. The largest absolute Gasteiger partial charge is 0.396 e. The van der Waals surface area contributed by atoms with E-state index in [-0.39, 0.29) is 0 Å². The molecule has 0 aliphatic heterocycles. The Labute approximate surface area is 97.5 Å². The molecule has 0 heterocycles. The van der Waals surface area contributed by atoms with Crippen molar-refractivity contribution in [3.8, 4) is 0 Å². The second kappa shape index (κ2) is 3.59. The van der Waals surface area contributed by atoms with Gasteiger partial charge in [0.1, 0.15) is 0 Å². The Balaban J connectivity index is 2.14. The second-order valence-corrected chi connectivity index (χ2v) is 5.82. The van der Waals surface area contributed by atoms with Crippen molar-refractivity contribution in [2.45, 2.75) is 44.4 Å². The van der Waals surface area contributed by atoms with E-state index in [1.165, 1.54) is 31.2 Å². The Morgan fingerprint density at radius 2 is 2.19 bits per heavy atom. The van der Waals surface area contributed by atoms with E-state index in [1.54, 1.807) is 11.1 Å². The van der Waals surface area contributed by atoms with E-state index in [2.05, 4.69) is 25.1 Å². The first-order valence-electron chi connectivity index (χ1n) is 6.45. The third kappa shape index (κ3) is 1.41. The first-order chi connectivity index (χ1) is 7.73. The Morgan fingerprint density at radius 1 is 1.38 bits per heavy atom. The number of aliphatic hydroxyl groups excluding tert-OH is 1. The van der Waals surface area contributed by atoms with Gasteiger partial charge in [0.05, 0.1) is 0 Å². The zero-order valence-electron chi connectivity index (χ0n) is 10.00. The first-order valence-corrected chi connectivity index (χ1v) is 6.45. The quantitative estimate of drug-likeness (QED) is 0.765. The minimum Gasteiger partial charge on any atom is -0.396 e. The van der Waals surface area contributed by atoms with Crippen LogP contribution < -0.4 is 0 Å². The summed E-state index contributed by atoms with van der Waals surface area (Å²) < 4.78 is 0. The summed E-state index contributed by atoms with van der Waals surface area (Å²) in [6.07, 6.45) is 6.12. The molecule has 16 heavy (non-hydrogen) atoms. The van der Waals surface area contributed by atoms with Crippen molar-refractivity contribution in [3.63, 3.8) is 0 Å². The van der Waals surface area contributed by atoms with E-state index in [1.807, 2.05) is 0 Å². The van der Waals surface area contributed by atoms with Crippen LogP contribution in [0.25, 0.3) is 0 Å². The highest BCUT2D eigenvalue weighted by atomic mass is 16.3. The highest BCUT2D eigenvalue weighted by Crippen LogP contribution is 2.47. The van der Waals surface area contributed by atoms with Crippen LogP contribution in [0, 0.1) is 5.92 Å². The molecule has 1 nitrogen and oxygen atoms in total. The smallest absolute Gasteiger partial charge is 0.0462 e. The van der Waals surface area contributed by atoms with Crippen molar-refractivity contribution in [1.29, 1.82) is 0 Å². The van der Waals surface area contributed by atoms with E-state index in [0.717, 1.165) is 6.42 Å². The van der Waals surface area contributed by atoms with E-state index in [0.29, 0.717) is 17.9 Å². The minimum absolute atomic E-state index is 0.343. The van der Waals surface area contributed by atoms with Gasteiger partial charge in [-0.2, -0.15) is 0 Å². The zero-order valence-corrected chi connectivity index (χ0v) is 10.00. The molecule has 1 aromatic carbocycles. The minimum atomic E-state index is 0.343.